The number of thiol groups is 1. The normalized spacial score (nSPS) is 14.4. The summed E-state index contributed by atoms with van der Waals surface area (Å²) in [6.07, 6.45) is 2.88. The van der Waals surface area contributed by atoms with Gasteiger partial charge in [0.2, 0.25) is 0 Å². The third-order valence-electron chi connectivity index (χ3n) is 2.31. The molecule has 1 unspecified atom stereocenters. The second-order valence-corrected chi connectivity index (χ2v) is 4.35. The fraction of sp³-hybridized carbons (Fsp3) is 0.818. The van der Waals surface area contributed by atoms with E-state index in [1.807, 2.05) is 13.8 Å². The highest BCUT2D eigenvalue weighted by molar-refractivity contribution is 7.80. The first-order valence-electron chi connectivity index (χ1n) is 5.62. The number of carboxylic acid groups (broad SMARTS) is 1. The van der Waals surface area contributed by atoms with Crippen molar-refractivity contribution < 1.29 is 14.7 Å². The Labute approximate surface area is 102 Å². The van der Waals surface area contributed by atoms with Crippen LogP contribution in [0, 0.1) is 0 Å². The van der Waals surface area contributed by atoms with Gasteiger partial charge in [-0.25, -0.2) is 0 Å². The van der Waals surface area contributed by atoms with Crippen molar-refractivity contribution in [1.29, 1.82) is 0 Å². The van der Waals surface area contributed by atoms with E-state index in [-0.39, 0.29) is 17.6 Å². The molecule has 0 aromatic heterocycles. The summed E-state index contributed by atoms with van der Waals surface area (Å²) in [5, 5.41) is 11.7. The van der Waals surface area contributed by atoms with Gasteiger partial charge in [-0.3, -0.25) is 9.59 Å². The smallest absolute Gasteiger partial charge is 0.321 e. The molecule has 0 fully saturated rings. The first kappa shape index (κ1) is 15.4. The van der Waals surface area contributed by atoms with E-state index in [2.05, 4.69) is 17.9 Å². The van der Waals surface area contributed by atoms with Crippen LogP contribution in [0.15, 0.2) is 0 Å². The quantitative estimate of drug-likeness (QED) is 0.540. The van der Waals surface area contributed by atoms with E-state index >= 15 is 0 Å². The Kier molecular flexibility index (Phi) is 8.29. The van der Waals surface area contributed by atoms with Crippen molar-refractivity contribution in [2.75, 3.05) is 5.75 Å². The van der Waals surface area contributed by atoms with Gasteiger partial charge < -0.3 is 10.4 Å². The molecule has 0 bridgehead atoms. The minimum Gasteiger partial charge on any atom is -0.480 e. The SMILES string of the molecule is CCCCC(=O)CC(C)N[C@@H](CS)C(=O)O. The van der Waals surface area contributed by atoms with Crippen molar-refractivity contribution in [2.45, 2.75) is 51.6 Å². The van der Waals surface area contributed by atoms with E-state index in [0.717, 1.165) is 12.8 Å². The lowest BCUT2D eigenvalue weighted by molar-refractivity contribution is -0.139. The topological polar surface area (TPSA) is 66.4 Å². The molecule has 0 saturated heterocycles. The van der Waals surface area contributed by atoms with Gasteiger partial charge in [0.15, 0.2) is 0 Å². The fourth-order valence-electron chi connectivity index (χ4n) is 1.42. The molecule has 0 aliphatic rings. The summed E-state index contributed by atoms with van der Waals surface area (Å²) in [6, 6.07) is -0.796. The molecule has 5 heteroatoms. The number of carbonyl (C=O) groups excluding carboxylic acids is 1. The predicted molar refractivity (Wildman–Crippen MR) is 67.0 cm³/mol. The van der Waals surface area contributed by atoms with Crippen molar-refractivity contribution >= 4 is 24.4 Å². The zero-order valence-corrected chi connectivity index (χ0v) is 10.8. The van der Waals surface area contributed by atoms with Crippen LogP contribution in [0.4, 0.5) is 0 Å². The molecule has 0 saturated carbocycles. The maximum atomic E-state index is 11.4. The standard InChI is InChI=1S/C11H21NO3S/c1-3-4-5-9(13)6-8(2)12-10(7-16)11(14)15/h8,10,12,16H,3-7H2,1-2H3,(H,14,15)/t8?,10-/m0/s1. The summed E-state index contributed by atoms with van der Waals surface area (Å²) in [5.74, 6) is -0.518. The lowest BCUT2D eigenvalue weighted by Gasteiger charge is -2.18. The van der Waals surface area contributed by atoms with Crippen molar-refractivity contribution in [3.8, 4) is 0 Å². The van der Waals surface area contributed by atoms with Crippen LogP contribution < -0.4 is 5.32 Å². The molecule has 2 N–H and O–H groups in total. The number of hydrogen-bond donors (Lipinski definition) is 3. The second kappa shape index (κ2) is 8.58. The van der Waals surface area contributed by atoms with Gasteiger partial charge in [-0.1, -0.05) is 13.3 Å². The van der Waals surface area contributed by atoms with E-state index in [1.165, 1.54) is 0 Å². The Morgan fingerprint density at radius 2 is 2.06 bits per heavy atom. The van der Waals surface area contributed by atoms with E-state index in [9.17, 15) is 9.59 Å². The average Bonchev–Trinajstić information content (AvgIpc) is 2.22. The van der Waals surface area contributed by atoms with Gasteiger partial charge in [-0.15, -0.1) is 0 Å². The number of hydrogen-bond acceptors (Lipinski definition) is 4. The molecule has 0 amide bonds. The Hall–Kier alpha value is -0.550. The average molecular weight is 247 g/mol. The summed E-state index contributed by atoms with van der Waals surface area (Å²) < 4.78 is 0. The Morgan fingerprint density at radius 1 is 1.44 bits per heavy atom. The van der Waals surface area contributed by atoms with Crippen molar-refractivity contribution in [3.05, 3.63) is 0 Å². The van der Waals surface area contributed by atoms with Gasteiger partial charge in [0.05, 0.1) is 0 Å². The number of aliphatic carboxylic acids is 1. The molecule has 2 atom stereocenters. The molecule has 0 radical (unpaired) electrons. The highest BCUT2D eigenvalue weighted by atomic mass is 32.1. The molecule has 0 aromatic carbocycles. The minimum absolute atomic E-state index is 0.113. The van der Waals surface area contributed by atoms with Crippen LogP contribution in [0.2, 0.25) is 0 Å². The third kappa shape index (κ3) is 6.85. The number of unbranched alkanes of at least 4 members (excludes halogenated alkanes) is 1. The lowest BCUT2D eigenvalue weighted by atomic mass is 10.1. The summed E-state index contributed by atoms with van der Waals surface area (Å²) >= 11 is 3.95. The van der Waals surface area contributed by atoms with Crippen LogP contribution in [-0.4, -0.2) is 34.7 Å². The number of ketones is 1. The maximum Gasteiger partial charge on any atom is 0.321 e. The maximum absolute atomic E-state index is 11.4. The zero-order valence-electron chi connectivity index (χ0n) is 9.90. The Bertz CT molecular complexity index is 233. The molecule has 16 heavy (non-hydrogen) atoms. The molecule has 0 aliphatic heterocycles. The molecule has 0 spiro atoms. The first-order chi connectivity index (χ1) is 7.51. The van der Waals surface area contributed by atoms with Crippen LogP contribution in [0.5, 0.6) is 0 Å². The fourth-order valence-corrected chi connectivity index (χ4v) is 1.68. The van der Waals surface area contributed by atoms with Gasteiger partial charge >= 0.3 is 5.97 Å². The highest BCUT2D eigenvalue weighted by Crippen LogP contribution is 2.03. The van der Waals surface area contributed by atoms with Gasteiger partial charge in [0, 0.05) is 24.6 Å². The molecule has 0 aromatic rings. The van der Waals surface area contributed by atoms with Crippen molar-refractivity contribution in [2.24, 2.45) is 0 Å². The molecular weight excluding hydrogens is 226 g/mol. The first-order valence-corrected chi connectivity index (χ1v) is 6.25. The summed E-state index contributed by atoms with van der Waals surface area (Å²) in [6.45, 7) is 3.86. The molecule has 0 heterocycles. The molecule has 94 valence electrons. The van der Waals surface area contributed by atoms with E-state index in [4.69, 9.17) is 5.11 Å². The monoisotopic (exact) mass is 247 g/mol. The van der Waals surface area contributed by atoms with Crippen LogP contribution in [0.3, 0.4) is 0 Å². The van der Waals surface area contributed by atoms with Crippen molar-refractivity contribution in [3.63, 3.8) is 0 Å². The Balaban J connectivity index is 3.92. The number of nitrogens with one attached hydrogen (secondary N) is 1. The van der Waals surface area contributed by atoms with E-state index < -0.39 is 12.0 Å². The molecule has 0 rings (SSSR count). The Morgan fingerprint density at radius 3 is 2.50 bits per heavy atom. The zero-order chi connectivity index (χ0) is 12.6. The number of rotatable bonds is 9. The summed E-state index contributed by atoms with van der Waals surface area (Å²) in [5.41, 5.74) is 0. The van der Waals surface area contributed by atoms with Crippen LogP contribution >= 0.6 is 12.6 Å². The highest BCUT2D eigenvalue weighted by Gasteiger charge is 2.18. The van der Waals surface area contributed by atoms with E-state index in [0.29, 0.717) is 12.8 Å². The largest absolute Gasteiger partial charge is 0.480 e. The van der Waals surface area contributed by atoms with Gasteiger partial charge in [-0.2, -0.15) is 12.6 Å². The van der Waals surface area contributed by atoms with Gasteiger partial charge in [0.25, 0.3) is 0 Å². The minimum atomic E-state index is -0.928. The van der Waals surface area contributed by atoms with Crippen LogP contribution in [0.25, 0.3) is 0 Å². The lowest BCUT2D eigenvalue weighted by Crippen LogP contribution is -2.44. The van der Waals surface area contributed by atoms with Gasteiger partial charge in [-0.05, 0) is 13.3 Å². The van der Waals surface area contributed by atoms with E-state index in [1.54, 1.807) is 0 Å². The van der Waals surface area contributed by atoms with Gasteiger partial charge in [0.1, 0.15) is 11.8 Å². The predicted octanol–water partition coefficient (Wildman–Crippen LogP) is 1.50. The summed E-state index contributed by atoms with van der Waals surface area (Å²) in [7, 11) is 0. The number of Topliss-reactive ketones (excluding diaryl/α,β-unsaturated/α-hetero) is 1. The van der Waals surface area contributed by atoms with Crippen LogP contribution in [-0.2, 0) is 9.59 Å². The number of carboxylic acids is 1. The van der Waals surface area contributed by atoms with Crippen molar-refractivity contribution in [1.82, 2.24) is 5.32 Å². The third-order valence-corrected chi connectivity index (χ3v) is 2.67. The van der Waals surface area contributed by atoms with Crippen LogP contribution in [0.1, 0.15) is 39.5 Å². The molecule has 0 aliphatic carbocycles. The number of carbonyl (C=O) groups is 2. The molecular formula is C11H21NO3S. The second-order valence-electron chi connectivity index (χ2n) is 3.99. The summed E-state index contributed by atoms with van der Waals surface area (Å²) in [4.78, 5) is 22.2. The molecule has 4 nitrogen and oxygen atoms in total.